The average Bonchev–Trinajstić information content (AvgIpc) is 3.27. The molecule has 1 saturated heterocycles. The Morgan fingerprint density at radius 3 is 2.54 bits per heavy atom. The molecule has 0 aliphatic carbocycles. The third-order valence-corrected chi connectivity index (χ3v) is 4.12. The van der Waals surface area contributed by atoms with Crippen LogP contribution in [0.3, 0.4) is 0 Å². The summed E-state index contributed by atoms with van der Waals surface area (Å²) in [4.78, 5) is 6.45. The molecule has 0 atom stereocenters. The number of nitrogens with one attached hydrogen (secondary N) is 1. The van der Waals surface area contributed by atoms with Gasteiger partial charge in [-0.25, -0.2) is 9.07 Å². The monoisotopic (exact) mass is 323 g/mol. The number of hydrogen-bond donors (Lipinski definition) is 1. The van der Waals surface area contributed by atoms with Crippen LogP contribution < -0.4 is 10.2 Å². The van der Waals surface area contributed by atoms with Crippen molar-refractivity contribution in [1.82, 2.24) is 14.8 Å². The third kappa shape index (κ3) is 3.08. The van der Waals surface area contributed by atoms with Crippen molar-refractivity contribution in [2.75, 3.05) is 23.3 Å². The molecule has 2 heterocycles. The molecule has 6 heteroatoms. The normalized spacial score (nSPS) is 14.1. The summed E-state index contributed by atoms with van der Waals surface area (Å²) in [6, 6.07) is 14.7. The summed E-state index contributed by atoms with van der Waals surface area (Å²) >= 11 is 0. The zero-order chi connectivity index (χ0) is 16.4. The minimum Gasteiger partial charge on any atom is -0.371 e. The van der Waals surface area contributed by atoms with Crippen LogP contribution in [0.5, 0.6) is 0 Å². The van der Waals surface area contributed by atoms with E-state index in [1.165, 1.54) is 6.07 Å². The maximum absolute atomic E-state index is 13.9. The van der Waals surface area contributed by atoms with E-state index in [9.17, 15) is 4.39 Å². The molecule has 0 radical (unpaired) electrons. The Labute approximate surface area is 139 Å². The Hall–Kier alpha value is -2.89. The highest BCUT2D eigenvalue weighted by atomic mass is 19.1. The van der Waals surface area contributed by atoms with Crippen LogP contribution >= 0.6 is 0 Å². The van der Waals surface area contributed by atoms with Crippen LogP contribution in [-0.4, -0.2) is 27.9 Å². The zero-order valence-electron chi connectivity index (χ0n) is 13.2. The molecule has 3 aromatic rings. The molecule has 1 fully saturated rings. The number of hydrogen-bond acceptors (Lipinski definition) is 4. The van der Waals surface area contributed by atoms with Gasteiger partial charge in [-0.05, 0) is 43.2 Å². The number of benzene rings is 2. The molecule has 2 aromatic carbocycles. The van der Waals surface area contributed by atoms with Gasteiger partial charge >= 0.3 is 0 Å². The fourth-order valence-corrected chi connectivity index (χ4v) is 2.96. The van der Waals surface area contributed by atoms with Crippen LogP contribution in [0.15, 0.2) is 54.9 Å². The lowest BCUT2D eigenvalue weighted by molar-refractivity contribution is 0.628. The van der Waals surface area contributed by atoms with Crippen molar-refractivity contribution >= 4 is 17.3 Å². The Morgan fingerprint density at radius 1 is 0.958 bits per heavy atom. The van der Waals surface area contributed by atoms with Crippen LogP contribution in [-0.2, 0) is 0 Å². The second-order valence-electron chi connectivity index (χ2n) is 5.87. The predicted octanol–water partition coefficient (Wildman–Crippen LogP) is 3.75. The van der Waals surface area contributed by atoms with E-state index < -0.39 is 0 Å². The predicted molar refractivity (Wildman–Crippen MR) is 92.5 cm³/mol. The van der Waals surface area contributed by atoms with Gasteiger partial charge in [0.15, 0.2) is 0 Å². The quantitative estimate of drug-likeness (QED) is 0.794. The summed E-state index contributed by atoms with van der Waals surface area (Å²) < 4.78 is 15.6. The fraction of sp³-hybridized carbons (Fsp3) is 0.222. The first-order chi connectivity index (χ1) is 11.8. The van der Waals surface area contributed by atoms with Crippen molar-refractivity contribution in [2.45, 2.75) is 12.8 Å². The number of nitrogens with zero attached hydrogens (tertiary/aromatic N) is 4. The summed E-state index contributed by atoms with van der Waals surface area (Å²) in [6.45, 7) is 1.95. The Kier molecular flexibility index (Phi) is 3.86. The van der Waals surface area contributed by atoms with Gasteiger partial charge in [-0.3, -0.25) is 0 Å². The van der Waals surface area contributed by atoms with Crippen LogP contribution in [0, 0.1) is 5.82 Å². The van der Waals surface area contributed by atoms with E-state index in [1.54, 1.807) is 17.1 Å². The topological polar surface area (TPSA) is 46.0 Å². The van der Waals surface area contributed by atoms with Crippen molar-refractivity contribution in [3.8, 4) is 5.69 Å². The standard InChI is InChI=1S/C18H18FN5/c19-14-10-15(12-17(11-14)23-8-4-5-9-23)21-18-20-13-24(22-18)16-6-2-1-3-7-16/h1-3,6-7,10-13H,4-5,8-9H2,(H,21,22). The fourth-order valence-electron chi connectivity index (χ4n) is 2.96. The average molecular weight is 323 g/mol. The van der Waals surface area contributed by atoms with E-state index in [2.05, 4.69) is 20.3 Å². The first-order valence-corrected chi connectivity index (χ1v) is 8.07. The summed E-state index contributed by atoms with van der Waals surface area (Å²) in [7, 11) is 0. The molecular formula is C18H18FN5. The molecule has 1 aliphatic rings. The summed E-state index contributed by atoms with van der Waals surface area (Å²) in [5, 5.41) is 7.48. The van der Waals surface area contributed by atoms with Crippen LogP contribution in [0.25, 0.3) is 5.69 Å². The molecule has 0 unspecified atom stereocenters. The number of anilines is 3. The molecule has 0 spiro atoms. The molecule has 0 amide bonds. The maximum atomic E-state index is 13.9. The summed E-state index contributed by atoms with van der Waals surface area (Å²) in [6.07, 6.45) is 3.95. The number of para-hydroxylation sites is 1. The third-order valence-electron chi connectivity index (χ3n) is 4.12. The number of rotatable bonds is 4. The largest absolute Gasteiger partial charge is 0.371 e. The van der Waals surface area contributed by atoms with Crippen LogP contribution in [0.2, 0.25) is 0 Å². The zero-order valence-corrected chi connectivity index (χ0v) is 13.2. The van der Waals surface area contributed by atoms with Gasteiger partial charge in [0.1, 0.15) is 12.1 Å². The molecule has 24 heavy (non-hydrogen) atoms. The molecule has 1 N–H and O–H groups in total. The van der Waals surface area contributed by atoms with Crippen molar-refractivity contribution in [3.05, 3.63) is 60.7 Å². The molecule has 1 aromatic heterocycles. The molecule has 0 bridgehead atoms. The second-order valence-corrected chi connectivity index (χ2v) is 5.87. The van der Waals surface area contributed by atoms with E-state index in [0.29, 0.717) is 11.6 Å². The smallest absolute Gasteiger partial charge is 0.246 e. The van der Waals surface area contributed by atoms with Gasteiger partial charge in [0.25, 0.3) is 0 Å². The Bertz CT molecular complexity index is 824. The first-order valence-electron chi connectivity index (χ1n) is 8.07. The van der Waals surface area contributed by atoms with E-state index >= 15 is 0 Å². The van der Waals surface area contributed by atoms with E-state index in [4.69, 9.17) is 0 Å². The molecule has 122 valence electrons. The minimum atomic E-state index is -0.260. The molecule has 1 aliphatic heterocycles. The lowest BCUT2D eigenvalue weighted by atomic mass is 10.2. The Morgan fingerprint density at radius 2 is 1.75 bits per heavy atom. The van der Waals surface area contributed by atoms with Gasteiger partial charge in [0, 0.05) is 24.5 Å². The van der Waals surface area contributed by atoms with Crippen molar-refractivity contribution in [3.63, 3.8) is 0 Å². The molecule has 5 nitrogen and oxygen atoms in total. The van der Waals surface area contributed by atoms with Crippen molar-refractivity contribution < 1.29 is 4.39 Å². The highest BCUT2D eigenvalue weighted by Gasteiger charge is 2.14. The van der Waals surface area contributed by atoms with Crippen LogP contribution in [0.4, 0.5) is 21.7 Å². The first kappa shape index (κ1) is 14.7. The highest BCUT2D eigenvalue weighted by Crippen LogP contribution is 2.26. The van der Waals surface area contributed by atoms with Gasteiger partial charge < -0.3 is 10.2 Å². The van der Waals surface area contributed by atoms with Gasteiger partial charge in [-0.1, -0.05) is 18.2 Å². The van der Waals surface area contributed by atoms with E-state index in [1.807, 2.05) is 36.4 Å². The summed E-state index contributed by atoms with van der Waals surface area (Å²) in [5.74, 6) is 0.182. The minimum absolute atomic E-state index is 0.260. The van der Waals surface area contributed by atoms with Crippen molar-refractivity contribution in [2.24, 2.45) is 0 Å². The van der Waals surface area contributed by atoms with Gasteiger partial charge in [0.2, 0.25) is 5.95 Å². The van der Waals surface area contributed by atoms with E-state index in [-0.39, 0.29) is 5.82 Å². The Balaban J connectivity index is 1.56. The molecule has 0 saturated carbocycles. The molecule has 4 rings (SSSR count). The summed E-state index contributed by atoms with van der Waals surface area (Å²) in [5.41, 5.74) is 2.48. The van der Waals surface area contributed by atoms with Gasteiger partial charge in [-0.15, -0.1) is 5.10 Å². The second kappa shape index (κ2) is 6.31. The van der Waals surface area contributed by atoms with E-state index in [0.717, 1.165) is 37.3 Å². The number of aromatic nitrogens is 3. The van der Waals surface area contributed by atoms with Gasteiger partial charge in [-0.2, -0.15) is 4.98 Å². The lowest BCUT2D eigenvalue weighted by Crippen LogP contribution is -2.17. The lowest BCUT2D eigenvalue weighted by Gasteiger charge is -2.18. The maximum Gasteiger partial charge on any atom is 0.246 e. The number of halogens is 1. The highest BCUT2D eigenvalue weighted by molar-refractivity contribution is 5.62. The van der Waals surface area contributed by atoms with Gasteiger partial charge in [0.05, 0.1) is 5.69 Å². The van der Waals surface area contributed by atoms with Crippen molar-refractivity contribution in [1.29, 1.82) is 0 Å². The molecular weight excluding hydrogens is 305 g/mol. The van der Waals surface area contributed by atoms with Crippen LogP contribution in [0.1, 0.15) is 12.8 Å². The SMILES string of the molecule is Fc1cc(Nc2ncn(-c3ccccc3)n2)cc(N2CCCC2)c1.